The van der Waals surface area contributed by atoms with Crippen LogP contribution in [0.2, 0.25) is 0 Å². The number of aliphatic imine (C=N–C) groups is 1. The highest BCUT2D eigenvalue weighted by molar-refractivity contribution is 6.06. The lowest BCUT2D eigenvalue weighted by molar-refractivity contribution is -0.140. The molecule has 2 saturated carbocycles. The van der Waals surface area contributed by atoms with Gasteiger partial charge in [0, 0.05) is 26.7 Å². The number of imide groups is 1. The van der Waals surface area contributed by atoms with Gasteiger partial charge in [-0.05, 0) is 42.9 Å². The first-order valence-corrected chi connectivity index (χ1v) is 11.1. The first-order chi connectivity index (χ1) is 13.6. The molecule has 6 heteroatoms. The fourth-order valence-electron chi connectivity index (χ4n) is 5.77. The maximum Gasteiger partial charge on any atom is 0.233 e. The highest BCUT2D eigenvalue weighted by atomic mass is 16.2. The highest BCUT2D eigenvalue weighted by Gasteiger charge is 2.58. The predicted octanol–water partition coefficient (Wildman–Crippen LogP) is 2.17. The lowest BCUT2D eigenvalue weighted by Crippen LogP contribution is -2.42. The Balaban J connectivity index is 1.19. The summed E-state index contributed by atoms with van der Waals surface area (Å²) in [6.07, 6.45) is 11.3. The predicted molar refractivity (Wildman–Crippen MR) is 110 cm³/mol. The van der Waals surface area contributed by atoms with E-state index in [1.54, 1.807) is 7.05 Å². The van der Waals surface area contributed by atoms with E-state index in [1.807, 2.05) is 0 Å². The van der Waals surface area contributed by atoms with E-state index in [0.29, 0.717) is 24.9 Å². The number of rotatable bonds is 6. The SMILES string of the molecule is CN=C(NCCCN1C(=O)C2C3C=CC(C3)C2C1=O)NCC1CCCCC1C. The van der Waals surface area contributed by atoms with Crippen LogP contribution < -0.4 is 10.6 Å². The lowest BCUT2D eigenvalue weighted by atomic mass is 9.80. The number of carbonyl (C=O) groups is 2. The molecule has 4 aliphatic rings. The van der Waals surface area contributed by atoms with E-state index in [0.717, 1.165) is 37.2 Å². The second kappa shape index (κ2) is 8.26. The third-order valence-corrected chi connectivity index (χ3v) is 7.46. The van der Waals surface area contributed by atoms with Crippen LogP contribution in [0.25, 0.3) is 0 Å². The minimum atomic E-state index is -0.0811. The molecule has 0 radical (unpaired) electrons. The first kappa shape index (κ1) is 19.5. The topological polar surface area (TPSA) is 73.8 Å². The number of fused-ring (bicyclic) bond motifs is 5. The third-order valence-electron chi connectivity index (χ3n) is 7.46. The van der Waals surface area contributed by atoms with Gasteiger partial charge in [0.15, 0.2) is 5.96 Å². The van der Waals surface area contributed by atoms with E-state index < -0.39 is 0 Å². The third kappa shape index (κ3) is 3.58. The molecule has 6 atom stereocenters. The van der Waals surface area contributed by atoms with Gasteiger partial charge in [0.05, 0.1) is 11.8 Å². The summed E-state index contributed by atoms with van der Waals surface area (Å²) in [5.74, 6) is 2.84. The number of likely N-dealkylation sites (tertiary alicyclic amines) is 1. The van der Waals surface area contributed by atoms with Crippen LogP contribution in [0.15, 0.2) is 17.1 Å². The summed E-state index contributed by atoms with van der Waals surface area (Å²) in [5.41, 5.74) is 0. The van der Waals surface area contributed by atoms with Crippen LogP contribution >= 0.6 is 0 Å². The summed E-state index contributed by atoms with van der Waals surface area (Å²) in [6.45, 7) is 4.52. The van der Waals surface area contributed by atoms with E-state index in [4.69, 9.17) is 0 Å². The number of allylic oxidation sites excluding steroid dienone is 2. The summed E-state index contributed by atoms with van der Waals surface area (Å²) in [5, 5.41) is 6.79. The fourth-order valence-corrected chi connectivity index (χ4v) is 5.77. The molecule has 1 heterocycles. The van der Waals surface area contributed by atoms with Crippen molar-refractivity contribution in [3.8, 4) is 0 Å². The van der Waals surface area contributed by atoms with Gasteiger partial charge in [-0.1, -0.05) is 38.3 Å². The number of hydrogen-bond acceptors (Lipinski definition) is 3. The molecule has 28 heavy (non-hydrogen) atoms. The van der Waals surface area contributed by atoms with Crippen molar-refractivity contribution >= 4 is 17.8 Å². The molecule has 3 fully saturated rings. The van der Waals surface area contributed by atoms with E-state index in [2.05, 4.69) is 34.7 Å². The molecule has 6 nitrogen and oxygen atoms in total. The zero-order valence-corrected chi connectivity index (χ0v) is 17.2. The summed E-state index contributed by atoms with van der Waals surface area (Å²) in [4.78, 5) is 31.2. The summed E-state index contributed by atoms with van der Waals surface area (Å²) >= 11 is 0. The number of guanidine groups is 1. The lowest BCUT2D eigenvalue weighted by Gasteiger charge is -2.29. The van der Waals surface area contributed by atoms with Crippen molar-refractivity contribution in [3.63, 3.8) is 0 Å². The molecule has 2 amide bonds. The molecular formula is C22H34N4O2. The fraction of sp³-hybridized carbons (Fsp3) is 0.773. The Labute approximate surface area is 168 Å². The van der Waals surface area contributed by atoms with Crippen molar-refractivity contribution in [1.82, 2.24) is 15.5 Å². The van der Waals surface area contributed by atoms with Crippen LogP contribution in [-0.2, 0) is 9.59 Å². The van der Waals surface area contributed by atoms with Crippen LogP contribution in [0.3, 0.4) is 0 Å². The second-order valence-electron chi connectivity index (χ2n) is 9.08. The molecule has 1 saturated heterocycles. The Morgan fingerprint density at radius 3 is 2.43 bits per heavy atom. The van der Waals surface area contributed by atoms with Gasteiger partial charge in [-0.25, -0.2) is 0 Å². The Hall–Kier alpha value is -1.85. The molecule has 6 unspecified atom stereocenters. The number of nitrogens with one attached hydrogen (secondary N) is 2. The molecule has 3 aliphatic carbocycles. The van der Waals surface area contributed by atoms with E-state index in [9.17, 15) is 9.59 Å². The normalized spacial score (nSPS) is 36.9. The molecule has 2 N–H and O–H groups in total. The van der Waals surface area contributed by atoms with Crippen LogP contribution in [0.4, 0.5) is 0 Å². The minimum absolute atomic E-state index is 0.0562. The van der Waals surface area contributed by atoms with Crippen molar-refractivity contribution in [1.29, 1.82) is 0 Å². The molecule has 0 aromatic heterocycles. The molecule has 0 aromatic rings. The van der Waals surface area contributed by atoms with Crippen molar-refractivity contribution < 1.29 is 9.59 Å². The monoisotopic (exact) mass is 386 g/mol. The van der Waals surface area contributed by atoms with Gasteiger partial charge in [0.1, 0.15) is 0 Å². The van der Waals surface area contributed by atoms with Crippen molar-refractivity contribution in [2.45, 2.75) is 45.4 Å². The zero-order chi connectivity index (χ0) is 19.7. The maximum absolute atomic E-state index is 12.7. The Bertz CT molecular complexity index is 643. The Kier molecular flexibility index (Phi) is 5.74. The molecule has 4 rings (SSSR count). The number of nitrogens with zero attached hydrogens (tertiary/aromatic N) is 2. The van der Waals surface area contributed by atoms with Crippen molar-refractivity contribution in [3.05, 3.63) is 12.2 Å². The second-order valence-corrected chi connectivity index (χ2v) is 9.08. The summed E-state index contributed by atoms with van der Waals surface area (Å²) in [6, 6.07) is 0. The van der Waals surface area contributed by atoms with Gasteiger partial charge >= 0.3 is 0 Å². The molecule has 2 bridgehead atoms. The molecule has 0 aromatic carbocycles. The standard InChI is InChI=1S/C22H34N4O2/c1-14-6-3-4-7-17(14)13-25-22(23-2)24-10-5-11-26-20(27)18-15-8-9-16(12-15)19(18)21(26)28/h8-9,14-19H,3-7,10-13H2,1-2H3,(H2,23,24,25). The summed E-state index contributed by atoms with van der Waals surface area (Å²) < 4.78 is 0. The number of carbonyl (C=O) groups excluding carboxylic acids is 2. The highest BCUT2D eigenvalue weighted by Crippen LogP contribution is 2.52. The maximum atomic E-state index is 12.7. The number of amides is 2. The van der Waals surface area contributed by atoms with Gasteiger partial charge in [0.25, 0.3) is 0 Å². The van der Waals surface area contributed by atoms with Crippen LogP contribution in [-0.4, -0.2) is 49.4 Å². The van der Waals surface area contributed by atoms with Crippen LogP contribution in [0, 0.1) is 35.5 Å². The average Bonchev–Trinajstić information content (AvgIpc) is 3.37. The van der Waals surface area contributed by atoms with E-state index >= 15 is 0 Å². The molecule has 0 spiro atoms. The Morgan fingerprint density at radius 1 is 1.11 bits per heavy atom. The number of hydrogen-bond donors (Lipinski definition) is 2. The quantitative estimate of drug-likeness (QED) is 0.241. The van der Waals surface area contributed by atoms with Crippen molar-refractivity contribution in [2.24, 2.45) is 40.5 Å². The smallest absolute Gasteiger partial charge is 0.233 e. The first-order valence-electron chi connectivity index (χ1n) is 11.1. The molecule has 154 valence electrons. The van der Waals surface area contributed by atoms with E-state index in [1.165, 1.54) is 30.6 Å². The average molecular weight is 387 g/mol. The van der Waals surface area contributed by atoms with Gasteiger partial charge in [0.2, 0.25) is 11.8 Å². The largest absolute Gasteiger partial charge is 0.356 e. The van der Waals surface area contributed by atoms with Gasteiger partial charge in [-0.2, -0.15) is 0 Å². The summed E-state index contributed by atoms with van der Waals surface area (Å²) in [7, 11) is 1.79. The molecular weight excluding hydrogens is 352 g/mol. The van der Waals surface area contributed by atoms with Crippen LogP contribution in [0.5, 0.6) is 0 Å². The molecule has 1 aliphatic heterocycles. The van der Waals surface area contributed by atoms with Crippen molar-refractivity contribution in [2.75, 3.05) is 26.7 Å². The Morgan fingerprint density at radius 2 is 1.79 bits per heavy atom. The van der Waals surface area contributed by atoms with Crippen LogP contribution in [0.1, 0.15) is 45.4 Å². The zero-order valence-electron chi connectivity index (χ0n) is 17.2. The minimum Gasteiger partial charge on any atom is -0.356 e. The van der Waals surface area contributed by atoms with Gasteiger partial charge in [-0.15, -0.1) is 0 Å². The van der Waals surface area contributed by atoms with Gasteiger partial charge in [-0.3, -0.25) is 19.5 Å². The van der Waals surface area contributed by atoms with Gasteiger partial charge < -0.3 is 10.6 Å². The van der Waals surface area contributed by atoms with E-state index in [-0.39, 0.29) is 23.7 Å².